The molecule has 0 fully saturated rings. The van der Waals surface area contributed by atoms with Crippen LogP contribution in [0.2, 0.25) is 0 Å². The number of carbonyl (C=O) groups excluding carboxylic acids is 2. The third kappa shape index (κ3) is 2.18. The molecule has 0 aliphatic heterocycles. The average molecular weight is 514 g/mol. The van der Waals surface area contributed by atoms with Gasteiger partial charge in [-0.2, -0.15) is 0 Å². The maximum absolute atomic E-state index is 13.0. The molecule has 2 nitrogen and oxygen atoms in total. The predicted octanol–water partition coefficient (Wildman–Crippen LogP) is 4.31. The van der Waals surface area contributed by atoms with E-state index >= 15 is 0 Å². The van der Waals surface area contributed by atoms with E-state index in [1.807, 2.05) is 24.3 Å². The number of hydrogen-bond donors (Lipinski definition) is 0. The normalized spacial score (nSPS) is 22.8. The van der Waals surface area contributed by atoms with Gasteiger partial charge in [0, 0.05) is 30.1 Å². The first-order chi connectivity index (χ1) is 10.6. The van der Waals surface area contributed by atoms with E-state index in [-0.39, 0.29) is 23.4 Å². The molecule has 0 saturated heterocycles. The van der Waals surface area contributed by atoms with Crippen molar-refractivity contribution in [3.05, 3.63) is 65.8 Å². The molecule has 0 heterocycles. The van der Waals surface area contributed by atoms with Crippen LogP contribution in [0.15, 0.2) is 36.4 Å². The molecule has 2 atom stereocenters. The number of ketones is 2. The number of benzene rings is 2. The minimum atomic E-state index is -0.191. The number of halogens is 2. The Kier molecular flexibility index (Phi) is 3.64. The minimum absolute atomic E-state index is 0.144. The van der Waals surface area contributed by atoms with Crippen LogP contribution < -0.4 is 0 Å². The zero-order valence-corrected chi connectivity index (χ0v) is 15.9. The van der Waals surface area contributed by atoms with Crippen molar-refractivity contribution >= 4 is 56.7 Å². The Bertz CT molecular complexity index is 826. The van der Waals surface area contributed by atoms with E-state index in [4.69, 9.17) is 0 Å². The van der Waals surface area contributed by atoms with Crippen LogP contribution in [-0.2, 0) is 12.8 Å². The highest BCUT2D eigenvalue weighted by atomic mass is 127. The van der Waals surface area contributed by atoms with Crippen LogP contribution in [0.3, 0.4) is 0 Å². The molecule has 0 radical (unpaired) electrons. The van der Waals surface area contributed by atoms with E-state index in [1.54, 1.807) is 0 Å². The zero-order chi connectivity index (χ0) is 15.4. The monoisotopic (exact) mass is 514 g/mol. The van der Waals surface area contributed by atoms with Crippen molar-refractivity contribution in [3.8, 4) is 0 Å². The van der Waals surface area contributed by atoms with E-state index in [0.29, 0.717) is 24.0 Å². The molecule has 0 bridgehead atoms. The van der Waals surface area contributed by atoms with Gasteiger partial charge in [0.2, 0.25) is 0 Å². The van der Waals surface area contributed by atoms with Gasteiger partial charge in [0.05, 0.1) is 0 Å². The standard InChI is InChI=1S/C18H12I2O2/c19-11-7-14-16(15(20)8-11)18(22)13-6-10-4-2-1-3-9(10)5-12(13)17(14)21/h1-4,7-8,12-13H,5-6H2. The summed E-state index contributed by atoms with van der Waals surface area (Å²) in [6.07, 6.45) is 1.37. The molecule has 4 rings (SSSR count). The van der Waals surface area contributed by atoms with Gasteiger partial charge in [-0.15, -0.1) is 0 Å². The summed E-state index contributed by atoms with van der Waals surface area (Å²) in [5.74, 6) is -0.0900. The molecule has 0 spiro atoms. The van der Waals surface area contributed by atoms with Crippen molar-refractivity contribution < 1.29 is 9.59 Å². The Hall–Kier alpha value is -0.760. The van der Waals surface area contributed by atoms with Gasteiger partial charge in [0.25, 0.3) is 0 Å². The summed E-state index contributed by atoms with van der Waals surface area (Å²) in [4.78, 5) is 25.9. The molecule has 2 aromatic carbocycles. The van der Waals surface area contributed by atoms with Crippen LogP contribution in [0, 0.1) is 19.0 Å². The number of fused-ring (bicyclic) bond motifs is 3. The van der Waals surface area contributed by atoms with Crippen LogP contribution in [0.25, 0.3) is 0 Å². The fraction of sp³-hybridized carbons (Fsp3) is 0.222. The molecule has 110 valence electrons. The van der Waals surface area contributed by atoms with E-state index in [0.717, 1.165) is 7.14 Å². The van der Waals surface area contributed by atoms with Gasteiger partial charge in [-0.3, -0.25) is 9.59 Å². The van der Waals surface area contributed by atoms with E-state index < -0.39 is 0 Å². The fourth-order valence-electron chi connectivity index (χ4n) is 3.67. The van der Waals surface area contributed by atoms with Crippen LogP contribution in [0.4, 0.5) is 0 Å². The van der Waals surface area contributed by atoms with Gasteiger partial charge in [-0.05, 0) is 81.3 Å². The lowest BCUT2D eigenvalue weighted by atomic mass is 9.66. The number of carbonyl (C=O) groups is 2. The van der Waals surface area contributed by atoms with Crippen molar-refractivity contribution in [2.75, 3.05) is 0 Å². The van der Waals surface area contributed by atoms with E-state index in [1.165, 1.54) is 11.1 Å². The van der Waals surface area contributed by atoms with Gasteiger partial charge in [-0.1, -0.05) is 24.3 Å². The summed E-state index contributed by atoms with van der Waals surface area (Å²) in [6, 6.07) is 12.0. The van der Waals surface area contributed by atoms with Crippen molar-refractivity contribution in [1.29, 1.82) is 0 Å². The maximum Gasteiger partial charge on any atom is 0.168 e. The third-order valence-electron chi connectivity index (χ3n) is 4.72. The van der Waals surface area contributed by atoms with Gasteiger partial charge in [0.1, 0.15) is 0 Å². The van der Waals surface area contributed by atoms with Gasteiger partial charge in [-0.25, -0.2) is 0 Å². The quantitative estimate of drug-likeness (QED) is 0.492. The Balaban J connectivity index is 1.87. The highest BCUT2D eigenvalue weighted by Crippen LogP contribution is 2.40. The Morgan fingerprint density at radius 2 is 1.45 bits per heavy atom. The second kappa shape index (κ2) is 5.40. The second-order valence-corrected chi connectivity index (χ2v) is 8.34. The molecule has 2 aliphatic carbocycles. The summed E-state index contributed by atoms with van der Waals surface area (Å²) in [7, 11) is 0. The molecule has 2 aromatic rings. The van der Waals surface area contributed by atoms with Crippen LogP contribution in [0.5, 0.6) is 0 Å². The van der Waals surface area contributed by atoms with Crippen LogP contribution >= 0.6 is 45.2 Å². The van der Waals surface area contributed by atoms with Gasteiger partial charge < -0.3 is 0 Å². The van der Waals surface area contributed by atoms with Gasteiger partial charge in [0.15, 0.2) is 11.6 Å². The number of Topliss-reactive ketones (excluding diaryl/α,β-unsaturated/α-hetero) is 2. The summed E-state index contributed by atoms with van der Waals surface area (Å²) >= 11 is 4.39. The first-order valence-corrected chi connectivity index (χ1v) is 9.36. The molecule has 2 unspecified atom stereocenters. The van der Waals surface area contributed by atoms with Crippen molar-refractivity contribution in [1.82, 2.24) is 0 Å². The molecule has 0 N–H and O–H groups in total. The molecule has 0 saturated carbocycles. The van der Waals surface area contributed by atoms with Crippen molar-refractivity contribution in [3.63, 3.8) is 0 Å². The van der Waals surface area contributed by atoms with Crippen molar-refractivity contribution in [2.24, 2.45) is 11.8 Å². The summed E-state index contributed by atoms with van der Waals surface area (Å²) < 4.78 is 1.91. The van der Waals surface area contributed by atoms with E-state index in [2.05, 4.69) is 57.3 Å². The third-order valence-corrected chi connectivity index (χ3v) is 6.20. The highest BCUT2D eigenvalue weighted by Gasteiger charge is 2.44. The predicted molar refractivity (Wildman–Crippen MR) is 101 cm³/mol. The molecule has 0 amide bonds. The molecular weight excluding hydrogens is 502 g/mol. The minimum Gasteiger partial charge on any atom is -0.294 e. The molecule has 2 aliphatic rings. The molecular formula is C18H12I2O2. The SMILES string of the molecule is O=C1c2cc(I)cc(I)c2C(=O)C2Cc3ccccc3CC12. The fourth-order valence-corrected chi connectivity index (χ4v) is 5.78. The summed E-state index contributed by atoms with van der Waals surface area (Å²) in [5, 5.41) is 0. The van der Waals surface area contributed by atoms with Crippen LogP contribution in [-0.4, -0.2) is 11.6 Å². The van der Waals surface area contributed by atoms with Crippen LogP contribution in [0.1, 0.15) is 31.8 Å². The van der Waals surface area contributed by atoms with Gasteiger partial charge >= 0.3 is 0 Å². The lowest BCUT2D eigenvalue weighted by molar-refractivity contribution is 0.0720. The lowest BCUT2D eigenvalue weighted by Crippen LogP contribution is -2.42. The second-order valence-electron chi connectivity index (χ2n) is 5.93. The largest absolute Gasteiger partial charge is 0.294 e. The maximum atomic E-state index is 13.0. The zero-order valence-electron chi connectivity index (χ0n) is 11.6. The first-order valence-electron chi connectivity index (χ1n) is 7.20. The molecule has 4 heteroatoms. The number of rotatable bonds is 0. The number of hydrogen-bond acceptors (Lipinski definition) is 2. The Morgan fingerprint density at radius 3 is 2.09 bits per heavy atom. The average Bonchev–Trinajstić information content (AvgIpc) is 2.50. The lowest BCUT2D eigenvalue weighted by Gasteiger charge is -2.35. The summed E-state index contributed by atoms with van der Waals surface area (Å²) in [5.41, 5.74) is 3.70. The molecule has 22 heavy (non-hydrogen) atoms. The highest BCUT2D eigenvalue weighted by molar-refractivity contribution is 14.1. The topological polar surface area (TPSA) is 34.1 Å². The van der Waals surface area contributed by atoms with E-state index in [9.17, 15) is 9.59 Å². The molecule has 0 aromatic heterocycles. The Labute approximate surface area is 156 Å². The smallest absolute Gasteiger partial charge is 0.168 e. The first kappa shape index (κ1) is 14.8. The van der Waals surface area contributed by atoms with Crippen molar-refractivity contribution in [2.45, 2.75) is 12.8 Å². The summed E-state index contributed by atoms with van der Waals surface area (Å²) in [6.45, 7) is 0. The Morgan fingerprint density at radius 1 is 0.864 bits per heavy atom.